The maximum atomic E-state index is 6.00. The van der Waals surface area contributed by atoms with Crippen molar-refractivity contribution in [2.45, 2.75) is 39.0 Å². The number of unbranched alkanes of at least 4 members (excludes halogenated alkanes) is 3. The van der Waals surface area contributed by atoms with Crippen LogP contribution >= 0.6 is 34.3 Å². The quantitative estimate of drug-likeness (QED) is 0.550. The molecule has 92 valence electrons. The van der Waals surface area contributed by atoms with E-state index in [1.807, 2.05) is 17.4 Å². The van der Waals surface area contributed by atoms with Crippen LogP contribution in [0, 0.1) is 0 Å². The number of hydrogen-bond acceptors (Lipinski definition) is 2. The Balaban J connectivity index is 2.02. The Labute approximate surface area is 116 Å². The molecule has 0 spiro atoms. The first-order chi connectivity index (χ1) is 8.31. The molecule has 2 aromatic rings. The third kappa shape index (κ3) is 3.57. The van der Waals surface area contributed by atoms with E-state index in [1.54, 1.807) is 11.3 Å². The van der Waals surface area contributed by atoms with Crippen molar-refractivity contribution in [1.82, 2.24) is 0 Å². The Morgan fingerprint density at radius 1 is 1.12 bits per heavy atom. The molecule has 2 rings (SSSR count). The van der Waals surface area contributed by atoms with E-state index in [1.165, 1.54) is 47.4 Å². The number of thiophene rings is 2. The van der Waals surface area contributed by atoms with Gasteiger partial charge in [-0.3, -0.25) is 0 Å². The van der Waals surface area contributed by atoms with Gasteiger partial charge in [0.15, 0.2) is 0 Å². The third-order valence-corrected chi connectivity index (χ3v) is 5.21. The fourth-order valence-corrected chi connectivity index (χ4v) is 4.09. The number of aryl methyl sites for hydroxylation is 1. The summed E-state index contributed by atoms with van der Waals surface area (Å²) in [5.41, 5.74) is 1.49. The topological polar surface area (TPSA) is 0 Å². The van der Waals surface area contributed by atoms with Crippen molar-refractivity contribution in [3.8, 4) is 9.75 Å². The Hall–Kier alpha value is -0.310. The van der Waals surface area contributed by atoms with Crippen molar-refractivity contribution in [2.24, 2.45) is 0 Å². The van der Waals surface area contributed by atoms with E-state index in [0.717, 1.165) is 4.34 Å². The van der Waals surface area contributed by atoms with Crippen LogP contribution in [-0.4, -0.2) is 0 Å². The lowest BCUT2D eigenvalue weighted by atomic mass is 10.1. The molecule has 0 unspecified atom stereocenters. The highest BCUT2D eigenvalue weighted by molar-refractivity contribution is 7.23. The molecule has 0 fully saturated rings. The average molecular weight is 285 g/mol. The van der Waals surface area contributed by atoms with Crippen molar-refractivity contribution in [3.05, 3.63) is 33.5 Å². The second-order valence-corrected chi connectivity index (χ2v) is 6.82. The number of rotatable bonds is 6. The molecule has 0 aliphatic heterocycles. The van der Waals surface area contributed by atoms with Crippen molar-refractivity contribution in [3.63, 3.8) is 0 Å². The van der Waals surface area contributed by atoms with E-state index < -0.39 is 0 Å². The molecule has 3 heteroatoms. The molecule has 0 amide bonds. The monoisotopic (exact) mass is 284 g/mol. The zero-order valence-electron chi connectivity index (χ0n) is 10.0. The van der Waals surface area contributed by atoms with Crippen LogP contribution in [0.1, 0.15) is 38.2 Å². The molecular weight excluding hydrogens is 268 g/mol. The first-order valence-electron chi connectivity index (χ1n) is 6.13. The summed E-state index contributed by atoms with van der Waals surface area (Å²) in [7, 11) is 0. The Bertz CT molecular complexity index is 456. The van der Waals surface area contributed by atoms with E-state index in [0.29, 0.717) is 0 Å². The van der Waals surface area contributed by atoms with Crippen molar-refractivity contribution in [2.75, 3.05) is 0 Å². The van der Waals surface area contributed by atoms with Gasteiger partial charge in [-0.25, -0.2) is 0 Å². The molecule has 0 N–H and O–H groups in total. The van der Waals surface area contributed by atoms with Gasteiger partial charge in [-0.2, -0.15) is 0 Å². The Kier molecular flexibility index (Phi) is 5.08. The van der Waals surface area contributed by atoms with Gasteiger partial charge in [-0.15, -0.1) is 22.7 Å². The molecule has 0 aromatic carbocycles. The highest BCUT2D eigenvalue weighted by Crippen LogP contribution is 2.37. The molecule has 0 nitrogen and oxygen atoms in total. The zero-order valence-corrected chi connectivity index (χ0v) is 12.4. The molecule has 0 aliphatic carbocycles. The van der Waals surface area contributed by atoms with Crippen molar-refractivity contribution >= 4 is 34.3 Å². The smallest absolute Gasteiger partial charge is 0.0935 e. The lowest BCUT2D eigenvalue weighted by Crippen LogP contribution is -1.85. The molecule has 0 saturated heterocycles. The largest absolute Gasteiger partial charge is 0.143 e. The van der Waals surface area contributed by atoms with E-state index in [9.17, 15) is 0 Å². The van der Waals surface area contributed by atoms with Crippen LogP contribution < -0.4 is 0 Å². The highest BCUT2D eigenvalue weighted by Gasteiger charge is 2.08. The fraction of sp³-hybridized carbons (Fsp3) is 0.429. The van der Waals surface area contributed by atoms with Crippen LogP contribution in [0.5, 0.6) is 0 Å². The van der Waals surface area contributed by atoms with Gasteiger partial charge in [-0.1, -0.05) is 37.8 Å². The number of halogens is 1. The summed E-state index contributed by atoms with van der Waals surface area (Å²) >= 11 is 9.51. The zero-order chi connectivity index (χ0) is 12.1. The predicted molar refractivity (Wildman–Crippen MR) is 80.5 cm³/mol. The third-order valence-electron chi connectivity index (χ3n) is 2.84. The minimum Gasteiger partial charge on any atom is -0.143 e. The fourth-order valence-electron chi connectivity index (χ4n) is 1.93. The molecule has 2 aromatic heterocycles. The second kappa shape index (κ2) is 6.58. The SMILES string of the molecule is CCCCCCc1ccsc1-c1ccc(Cl)s1. The second-order valence-electron chi connectivity index (χ2n) is 4.19. The minimum atomic E-state index is 0.880. The summed E-state index contributed by atoms with van der Waals surface area (Å²) in [5, 5.41) is 2.19. The predicted octanol–water partition coefficient (Wildman–Crippen LogP) is 6.25. The van der Waals surface area contributed by atoms with Gasteiger partial charge < -0.3 is 0 Å². The van der Waals surface area contributed by atoms with E-state index >= 15 is 0 Å². The van der Waals surface area contributed by atoms with E-state index in [2.05, 4.69) is 24.4 Å². The maximum Gasteiger partial charge on any atom is 0.0935 e. The molecule has 0 saturated carbocycles. The van der Waals surface area contributed by atoms with Crippen LogP contribution in [0.2, 0.25) is 4.34 Å². The summed E-state index contributed by atoms with van der Waals surface area (Å²) in [5.74, 6) is 0. The van der Waals surface area contributed by atoms with Gasteiger partial charge >= 0.3 is 0 Å². The molecule has 0 radical (unpaired) electrons. The normalized spacial score (nSPS) is 10.9. The summed E-state index contributed by atoms with van der Waals surface area (Å²) in [4.78, 5) is 2.73. The van der Waals surface area contributed by atoms with Crippen molar-refractivity contribution < 1.29 is 0 Å². The lowest BCUT2D eigenvalue weighted by Gasteiger charge is -2.01. The maximum absolute atomic E-state index is 6.00. The van der Waals surface area contributed by atoms with Gasteiger partial charge in [0.05, 0.1) is 4.34 Å². The summed E-state index contributed by atoms with van der Waals surface area (Å²) in [6.07, 6.45) is 6.50. The highest BCUT2D eigenvalue weighted by atomic mass is 35.5. The first kappa shape index (κ1) is 13.1. The Morgan fingerprint density at radius 3 is 2.71 bits per heavy atom. The minimum absolute atomic E-state index is 0.880. The van der Waals surface area contributed by atoms with Gasteiger partial charge in [-0.05, 0) is 42.0 Å². The molecule has 0 bridgehead atoms. The van der Waals surface area contributed by atoms with Crippen LogP contribution in [0.25, 0.3) is 9.75 Å². The van der Waals surface area contributed by atoms with Crippen LogP contribution in [0.15, 0.2) is 23.6 Å². The molecular formula is C14H17ClS2. The summed E-state index contributed by atoms with van der Waals surface area (Å²) in [6, 6.07) is 6.39. The van der Waals surface area contributed by atoms with Crippen LogP contribution in [0.4, 0.5) is 0 Å². The number of hydrogen-bond donors (Lipinski definition) is 0. The Morgan fingerprint density at radius 2 is 2.00 bits per heavy atom. The van der Waals surface area contributed by atoms with Crippen LogP contribution in [0.3, 0.4) is 0 Å². The molecule has 0 aliphatic rings. The molecule has 17 heavy (non-hydrogen) atoms. The van der Waals surface area contributed by atoms with Gasteiger partial charge in [0.25, 0.3) is 0 Å². The average Bonchev–Trinajstić information content (AvgIpc) is 2.93. The molecule has 0 atom stereocenters. The van der Waals surface area contributed by atoms with E-state index in [4.69, 9.17) is 11.6 Å². The van der Waals surface area contributed by atoms with Gasteiger partial charge in [0.2, 0.25) is 0 Å². The standard InChI is InChI=1S/C14H17ClS2/c1-2-3-4-5-6-11-9-10-16-14(11)12-7-8-13(15)17-12/h7-10H,2-6H2,1H3. The lowest BCUT2D eigenvalue weighted by molar-refractivity contribution is 0.668. The molecule has 2 heterocycles. The van der Waals surface area contributed by atoms with Crippen molar-refractivity contribution in [1.29, 1.82) is 0 Å². The van der Waals surface area contributed by atoms with E-state index in [-0.39, 0.29) is 0 Å². The van der Waals surface area contributed by atoms with Crippen LogP contribution in [-0.2, 0) is 6.42 Å². The first-order valence-corrected chi connectivity index (χ1v) is 8.20. The summed E-state index contributed by atoms with van der Waals surface area (Å²) < 4.78 is 0.880. The summed E-state index contributed by atoms with van der Waals surface area (Å²) in [6.45, 7) is 2.25. The van der Waals surface area contributed by atoms with Gasteiger partial charge in [0.1, 0.15) is 0 Å². The van der Waals surface area contributed by atoms with Gasteiger partial charge in [0, 0.05) is 9.75 Å².